The summed E-state index contributed by atoms with van der Waals surface area (Å²) in [5.74, 6) is 0.785. The van der Waals surface area contributed by atoms with Gasteiger partial charge in [-0.25, -0.2) is 0 Å². The lowest BCUT2D eigenvalue weighted by atomic mass is 10.1. The van der Waals surface area contributed by atoms with E-state index in [0.717, 1.165) is 17.2 Å². The Balaban J connectivity index is 1.70. The Morgan fingerprint density at radius 2 is 2.00 bits per heavy atom. The number of rotatable bonds is 3. The molecule has 2 aliphatic carbocycles. The van der Waals surface area contributed by atoms with E-state index in [-0.39, 0.29) is 0 Å². The van der Waals surface area contributed by atoms with Gasteiger partial charge >= 0.3 is 0 Å². The third-order valence-corrected chi connectivity index (χ3v) is 6.21. The number of thioether (sulfide) groups is 1. The van der Waals surface area contributed by atoms with Gasteiger partial charge in [0.25, 0.3) is 0 Å². The van der Waals surface area contributed by atoms with E-state index in [0.29, 0.717) is 0 Å². The quantitative estimate of drug-likeness (QED) is 0.891. The van der Waals surface area contributed by atoms with E-state index in [1.54, 1.807) is 11.1 Å². The molecule has 1 aromatic rings. The molecular weight excluding hydrogens is 238 g/mol. The van der Waals surface area contributed by atoms with Crippen molar-refractivity contribution in [1.29, 1.82) is 0 Å². The predicted octanol–water partition coefficient (Wildman–Crippen LogP) is 3.65. The zero-order valence-electron chi connectivity index (χ0n) is 11.4. The Labute approximate surface area is 115 Å². The van der Waals surface area contributed by atoms with Gasteiger partial charge in [0.15, 0.2) is 0 Å². The summed E-state index contributed by atoms with van der Waals surface area (Å²) in [4.78, 5) is 1.49. The minimum absolute atomic E-state index is 0.719. The topological polar surface area (TPSA) is 12.0 Å². The lowest BCUT2D eigenvalue weighted by molar-refractivity contribution is 0.464. The van der Waals surface area contributed by atoms with Crippen molar-refractivity contribution in [2.75, 3.05) is 7.05 Å². The maximum Gasteiger partial charge on any atom is 0.0135 e. The number of nitrogens with one attached hydrogen (secondary N) is 1. The van der Waals surface area contributed by atoms with Crippen molar-refractivity contribution in [2.24, 2.45) is 5.92 Å². The van der Waals surface area contributed by atoms with Crippen LogP contribution in [-0.4, -0.2) is 18.3 Å². The standard InChI is InChI=1S/C16H23NS/c1-11-15(17-2)8-9-16(11)18-14-7-6-12-4-3-5-13(12)10-14/h6-7,10-11,15-17H,3-5,8-9H2,1-2H3. The van der Waals surface area contributed by atoms with Gasteiger partial charge in [-0.05, 0) is 68.3 Å². The number of fused-ring (bicyclic) bond motifs is 1. The molecule has 1 fully saturated rings. The number of hydrogen-bond donors (Lipinski definition) is 1. The van der Waals surface area contributed by atoms with E-state index in [9.17, 15) is 0 Å². The average molecular weight is 261 g/mol. The van der Waals surface area contributed by atoms with E-state index in [1.807, 2.05) is 0 Å². The first-order valence-electron chi connectivity index (χ1n) is 7.23. The summed E-state index contributed by atoms with van der Waals surface area (Å²) < 4.78 is 0. The van der Waals surface area contributed by atoms with Crippen molar-refractivity contribution in [3.05, 3.63) is 29.3 Å². The second kappa shape index (κ2) is 5.26. The minimum atomic E-state index is 0.719. The Bertz CT molecular complexity index is 429. The van der Waals surface area contributed by atoms with Gasteiger partial charge in [0.1, 0.15) is 0 Å². The summed E-state index contributed by atoms with van der Waals surface area (Å²) in [6, 6.07) is 7.87. The van der Waals surface area contributed by atoms with Gasteiger partial charge in [-0.2, -0.15) is 0 Å². The van der Waals surface area contributed by atoms with E-state index >= 15 is 0 Å². The molecule has 3 atom stereocenters. The Morgan fingerprint density at radius 3 is 2.78 bits per heavy atom. The number of benzene rings is 1. The number of hydrogen-bond acceptors (Lipinski definition) is 2. The lowest BCUT2D eigenvalue weighted by Gasteiger charge is -2.20. The largest absolute Gasteiger partial charge is 0.317 e. The summed E-state index contributed by atoms with van der Waals surface area (Å²) in [7, 11) is 2.10. The highest BCUT2D eigenvalue weighted by molar-refractivity contribution is 8.00. The van der Waals surface area contributed by atoms with Crippen LogP contribution in [-0.2, 0) is 12.8 Å². The normalized spacial score (nSPS) is 30.7. The van der Waals surface area contributed by atoms with Gasteiger partial charge in [0.2, 0.25) is 0 Å². The van der Waals surface area contributed by atoms with Crippen LogP contribution in [0.3, 0.4) is 0 Å². The molecule has 0 radical (unpaired) electrons. The van der Waals surface area contributed by atoms with Crippen LogP contribution in [0.2, 0.25) is 0 Å². The fraction of sp³-hybridized carbons (Fsp3) is 0.625. The summed E-state index contributed by atoms with van der Waals surface area (Å²) in [5, 5.41) is 4.25. The Kier molecular flexibility index (Phi) is 3.67. The molecule has 0 bridgehead atoms. The van der Waals surface area contributed by atoms with Gasteiger partial charge in [-0.15, -0.1) is 11.8 Å². The van der Waals surface area contributed by atoms with Crippen molar-refractivity contribution in [2.45, 2.75) is 55.2 Å². The molecule has 1 saturated carbocycles. The molecule has 0 aliphatic heterocycles. The minimum Gasteiger partial charge on any atom is -0.317 e. The molecule has 3 rings (SSSR count). The van der Waals surface area contributed by atoms with Gasteiger partial charge in [-0.1, -0.05) is 13.0 Å². The SMILES string of the molecule is CNC1CCC(Sc2ccc3c(c2)CCC3)C1C. The molecule has 0 heterocycles. The monoisotopic (exact) mass is 261 g/mol. The predicted molar refractivity (Wildman–Crippen MR) is 79.4 cm³/mol. The van der Waals surface area contributed by atoms with Crippen LogP contribution in [0.4, 0.5) is 0 Å². The molecule has 2 aliphatic rings. The summed E-state index contributed by atoms with van der Waals surface area (Å²) in [6.45, 7) is 2.40. The second-order valence-corrected chi connectivity index (χ2v) is 7.08. The van der Waals surface area contributed by atoms with E-state index < -0.39 is 0 Å². The first kappa shape index (κ1) is 12.6. The maximum atomic E-state index is 3.46. The van der Waals surface area contributed by atoms with Crippen molar-refractivity contribution < 1.29 is 0 Å². The molecule has 98 valence electrons. The van der Waals surface area contributed by atoms with Crippen molar-refractivity contribution in [3.63, 3.8) is 0 Å². The highest BCUT2D eigenvalue weighted by Crippen LogP contribution is 2.39. The Morgan fingerprint density at radius 1 is 1.17 bits per heavy atom. The van der Waals surface area contributed by atoms with Crippen LogP contribution in [0, 0.1) is 5.92 Å². The van der Waals surface area contributed by atoms with Crippen LogP contribution in [0.5, 0.6) is 0 Å². The smallest absolute Gasteiger partial charge is 0.0135 e. The molecule has 1 N–H and O–H groups in total. The molecule has 0 aromatic heterocycles. The Hall–Kier alpha value is -0.470. The summed E-state index contributed by atoms with van der Waals surface area (Å²) in [6.07, 6.45) is 6.63. The third-order valence-electron chi connectivity index (χ3n) is 4.71. The van der Waals surface area contributed by atoms with Crippen LogP contribution >= 0.6 is 11.8 Å². The van der Waals surface area contributed by atoms with Gasteiger partial charge < -0.3 is 5.32 Å². The molecule has 0 spiro atoms. The van der Waals surface area contributed by atoms with E-state index in [1.165, 1.54) is 37.0 Å². The molecule has 3 unspecified atom stereocenters. The van der Waals surface area contributed by atoms with E-state index in [4.69, 9.17) is 0 Å². The fourth-order valence-corrected chi connectivity index (χ4v) is 4.86. The molecule has 0 saturated heterocycles. The lowest BCUT2D eigenvalue weighted by Crippen LogP contribution is -2.29. The first-order valence-corrected chi connectivity index (χ1v) is 8.11. The first-order chi connectivity index (χ1) is 8.78. The molecule has 0 amide bonds. The summed E-state index contributed by atoms with van der Waals surface area (Å²) in [5.41, 5.74) is 3.20. The molecule has 1 nitrogen and oxygen atoms in total. The van der Waals surface area contributed by atoms with Crippen LogP contribution in [0.15, 0.2) is 23.1 Å². The average Bonchev–Trinajstić information content (AvgIpc) is 2.97. The zero-order valence-corrected chi connectivity index (χ0v) is 12.2. The second-order valence-electron chi connectivity index (χ2n) is 5.77. The molecule has 2 heteroatoms. The highest BCUT2D eigenvalue weighted by atomic mass is 32.2. The maximum absolute atomic E-state index is 3.46. The van der Waals surface area contributed by atoms with E-state index in [2.05, 4.69) is 49.2 Å². The van der Waals surface area contributed by atoms with Crippen LogP contribution < -0.4 is 5.32 Å². The number of aryl methyl sites for hydroxylation is 2. The molecule has 1 aromatic carbocycles. The van der Waals surface area contributed by atoms with Gasteiger partial charge in [0.05, 0.1) is 0 Å². The molecular formula is C16H23NS. The zero-order chi connectivity index (χ0) is 12.5. The van der Waals surface area contributed by atoms with Gasteiger partial charge in [-0.3, -0.25) is 0 Å². The van der Waals surface area contributed by atoms with Crippen LogP contribution in [0.25, 0.3) is 0 Å². The van der Waals surface area contributed by atoms with Gasteiger partial charge in [0, 0.05) is 16.2 Å². The molecule has 18 heavy (non-hydrogen) atoms. The van der Waals surface area contributed by atoms with Crippen molar-refractivity contribution in [3.8, 4) is 0 Å². The van der Waals surface area contributed by atoms with Crippen molar-refractivity contribution in [1.82, 2.24) is 5.32 Å². The fourth-order valence-electron chi connectivity index (χ4n) is 3.50. The van der Waals surface area contributed by atoms with Crippen molar-refractivity contribution >= 4 is 11.8 Å². The highest BCUT2D eigenvalue weighted by Gasteiger charge is 2.32. The van der Waals surface area contributed by atoms with Crippen LogP contribution in [0.1, 0.15) is 37.3 Å². The third kappa shape index (κ3) is 2.33. The summed E-state index contributed by atoms with van der Waals surface area (Å²) >= 11 is 2.10.